The van der Waals surface area contributed by atoms with E-state index in [0.717, 1.165) is 5.69 Å². The number of amides is 1. The number of imidazole rings is 1. The summed E-state index contributed by atoms with van der Waals surface area (Å²) >= 11 is 0. The predicted molar refractivity (Wildman–Crippen MR) is 58.4 cm³/mol. The van der Waals surface area contributed by atoms with Gasteiger partial charge in [0.05, 0.1) is 12.0 Å². The molecule has 0 spiro atoms. The number of carbonyl (C=O) groups excluding carboxylic acids is 1. The number of nitrogens with zero attached hydrogens (tertiary/aromatic N) is 2. The van der Waals surface area contributed by atoms with Gasteiger partial charge >= 0.3 is 0 Å². The topological polar surface area (TPSA) is 59.0 Å². The van der Waals surface area contributed by atoms with Crippen LogP contribution in [0.1, 0.15) is 25.6 Å². The van der Waals surface area contributed by atoms with Crippen LogP contribution in [-0.4, -0.2) is 29.1 Å². The molecular weight excluding hydrogens is 192 g/mol. The van der Waals surface area contributed by atoms with Crippen molar-refractivity contribution in [2.24, 2.45) is 0 Å². The summed E-state index contributed by atoms with van der Waals surface area (Å²) in [5, 5.41) is 5.84. The minimum atomic E-state index is -0.212. The number of carbonyl (C=O) groups is 1. The van der Waals surface area contributed by atoms with Gasteiger partial charge in [-0.15, -0.1) is 0 Å². The molecule has 1 atom stereocenters. The zero-order valence-electron chi connectivity index (χ0n) is 9.45. The van der Waals surface area contributed by atoms with Crippen molar-refractivity contribution >= 4 is 5.91 Å². The molecule has 15 heavy (non-hydrogen) atoms. The fourth-order valence-electron chi connectivity index (χ4n) is 1.45. The van der Waals surface area contributed by atoms with Crippen molar-refractivity contribution in [3.8, 4) is 0 Å². The summed E-state index contributed by atoms with van der Waals surface area (Å²) in [4.78, 5) is 15.7. The Morgan fingerprint density at radius 2 is 2.40 bits per heavy atom. The van der Waals surface area contributed by atoms with Crippen molar-refractivity contribution in [1.82, 2.24) is 20.2 Å². The molecule has 2 N–H and O–H groups in total. The van der Waals surface area contributed by atoms with Gasteiger partial charge in [-0.1, -0.05) is 0 Å². The van der Waals surface area contributed by atoms with Crippen molar-refractivity contribution in [2.75, 3.05) is 13.6 Å². The molecule has 1 aromatic heterocycles. The van der Waals surface area contributed by atoms with Crippen LogP contribution in [0.3, 0.4) is 0 Å². The van der Waals surface area contributed by atoms with Gasteiger partial charge in [0, 0.05) is 19.3 Å². The highest BCUT2D eigenvalue weighted by molar-refractivity contribution is 5.79. The number of aromatic nitrogens is 2. The van der Waals surface area contributed by atoms with Crippen LogP contribution < -0.4 is 10.6 Å². The first kappa shape index (κ1) is 11.7. The molecule has 0 radical (unpaired) electrons. The second-order valence-electron chi connectivity index (χ2n) is 3.39. The highest BCUT2D eigenvalue weighted by Crippen LogP contribution is 2.09. The fraction of sp³-hybridized carbons (Fsp3) is 0.600. The standard InChI is InChI=1S/C10H18N4O/c1-4-13-10(15)8(2)14-7-12-6-9(14)5-11-3/h6-8,11H,4-5H2,1-3H3,(H,13,15). The molecule has 0 aliphatic heterocycles. The molecule has 1 amide bonds. The summed E-state index contributed by atoms with van der Waals surface area (Å²) in [6.07, 6.45) is 3.46. The van der Waals surface area contributed by atoms with E-state index < -0.39 is 0 Å². The molecule has 1 unspecified atom stereocenters. The average molecular weight is 210 g/mol. The van der Waals surface area contributed by atoms with E-state index in [0.29, 0.717) is 13.1 Å². The highest BCUT2D eigenvalue weighted by Gasteiger charge is 2.15. The second kappa shape index (κ2) is 5.50. The van der Waals surface area contributed by atoms with Crippen LogP contribution in [0.5, 0.6) is 0 Å². The molecule has 5 heteroatoms. The maximum absolute atomic E-state index is 11.6. The highest BCUT2D eigenvalue weighted by atomic mass is 16.2. The van der Waals surface area contributed by atoms with Gasteiger partial charge in [0.2, 0.25) is 5.91 Å². The number of hydrogen-bond donors (Lipinski definition) is 2. The van der Waals surface area contributed by atoms with E-state index >= 15 is 0 Å². The molecular formula is C10H18N4O. The molecule has 1 aromatic rings. The number of nitrogens with one attached hydrogen (secondary N) is 2. The number of rotatable bonds is 5. The van der Waals surface area contributed by atoms with Gasteiger partial charge in [-0.05, 0) is 20.9 Å². The third-order valence-electron chi connectivity index (χ3n) is 2.25. The molecule has 0 saturated carbocycles. The zero-order chi connectivity index (χ0) is 11.3. The van der Waals surface area contributed by atoms with Crippen molar-refractivity contribution < 1.29 is 4.79 Å². The first-order chi connectivity index (χ1) is 7.20. The molecule has 0 aromatic carbocycles. The third-order valence-corrected chi connectivity index (χ3v) is 2.25. The fourth-order valence-corrected chi connectivity index (χ4v) is 1.45. The Bertz CT molecular complexity index is 321. The van der Waals surface area contributed by atoms with Crippen LogP contribution in [0, 0.1) is 0 Å². The SMILES string of the molecule is CCNC(=O)C(C)n1cncc1CNC. The van der Waals surface area contributed by atoms with Crippen LogP contribution in [0.2, 0.25) is 0 Å². The summed E-state index contributed by atoms with van der Waals surface area (Å²) < 4.78 is 1.88. The van der Waals surface area contributed by atoms with E-state index in [4.69, 9.17) is 0 Å². The monoisotopic (exact) mass is 210 g/mol. The van der Waals surface area contributed by atoms with Crippen LogP contribution in [0.15, 0.2) is 12.5 Å². The normalized spacial score (nSPS) is 12.5. The van der Waals surface area contributed by atoms with Crippen LogP contribution >= 0.6 is 0 Å². The molecule has 0 saturated heterocycles. The van der Waals surface area contributed by atoms with Crippen LogP contribution in [0.25, 0.3) is 0 Å². The van der Waals surface area contributed by atoms with E-state index in [2.05, 4.69) is 15.6 Å². The van der Waals surface area contributed by atoms with E-state index in [1.807, 2.05) is 25.5 Å². The Kier molecular flexibility index (Phi) is 4.30. The van der Waals surface area contributed by atoms with Gasteiger partial charge in [-0.25, -0.2) is 4.98 Å². The maximum Gasteiger partial charge on any atom is 0.242 e. The van der Waals surface area contributed by atoms with Gasteiger partial charge < -0.3 is 15.2 Å². The van der Waals surface area contributed by atoms with E-state index in [1.165, 1.54) is 0 Å². The molecule has 0 aliphatic carbocycles. The van der Waals surface area contributed by atoms with Crippen molar-refractivity contribution in [1.29, 1.82) is 0 Å². The lowest BCUT2D eigenvalue weighted by atomic mass is 10.3. The largest absolute Gasteiger partial charge is 0.355 e. The van der Waals surface area contributed by atoms with Gasteiger partial charge in [-0.3, -0.25) is 4.79 Å². The lowest BCUT2D eigenvalue weighted by molar-refractivity contribution is -0.123. The Hall–Kier alpha value is -1.36. The lowest BCUT2D eigenvalue weighted by Gasteiger charge is -2.15. The third kappa shape index (κ3) is 2.79. The van der Waals surface area contributed by atoms with Crippen LogP contribution in [0.4, 0.5) is 0 Å². The smallest absolute Gasteiger partial charge is 0.242 e. The molecule has 1 rings (SSSR count). The minimum absolute atomic E-state index is 0.0212. The van der Waals surface area contributed by atoms with Gasteiger partial charge in [0.25, 0.3) is 0 Å². The van der Waals surface area contributed by atoms with E-state index in [9.17, 15) is 4.79 Å². The average Bonchev–Trinajstić information content (AvgIpc) is 2.66. The maximum atomic E-state index is 11.6. The van der Waals surface area contributed by atoms with Gasteiger partial charge in [-0.2, -0.15) is 0 Å². The molecule has 0 aliphatic rings. The number of hydrogen-bond acceptors (Lipinski definition) is 3. The summed E-state index contributed by atoms with van der Waals surface area (Å²) in [6, 6.07) is -0.212. The minimum Gasteiger partial charge on any atom is -0.355 e. The van der Waals surface area contributed by atoms with Crippen molar-refractivity contribution in [3.63, 3.8) is 0 Å². The quantitative estimate of drug-likeness (QED) is 0.735. The Morgan fingerprint density at radius 1 is 1.67 bits per heavy atom. The molecule has 0 fully saturated rings. The Labute approximate surface area is 89.9 Å². The molecule has 1 heterocycles. The van der Waals surface area contributed by atoms with E-state index in [-0.39, 0.29) is 11.9 Å². The van der Waals surface area contributed by atoms with E-state index in [1.54, 1.807) is 12.5 Å². The lowest BCUT2D eigenvalue weighted by Crippen LogP contribution is -2.31. The molecule has 0 bridgehead atoms. The summed E-state index contributed by atoms with van der Waals surface area (Å²) in [7, 11) is 1.87. The van der Waals surface area contributed by atoms with Crippen molar-refractivity contribution in [3.05, 3.63) is 18.2 Å². The zero-order valence-corrected chi connectivity index (χ0v) is 9.45. The molecule has 5 nitrogen and oxygen atoms in total. The predicted octanol–water partition coefficient (Wildman–Crippen LogP) is 0.300. The summed E-state index contributed by atoms with van der Waals surface area (Å²) in [6.45, 7) is 5.14. The first-order valence-electron chi connectivity index (χ1n) is 5.13. The first-order valence-corrected chi connectivity index (χ1v) is 5.13. The summed E-state index contributed by atoms with van der Waals surface area (Å²) in [5.41, 5.74) is 1.01. The molecule has 84 valence electrons. The van der Waals surface area contributed by atoms with Gasteiger partial charge in [0.15, 0.2) is 0 Å². The Morgan fingerprint density at radius 3 is 3.00 bits per heavy atom. The van der Waals surface area contributed by atoms with Crippen molar-refractivity contribution in [2.45, 2.75) is 26.4 Å². The number of likely N-dealkylation sites (N-methyl/N-ethyl adjacent to an activating group) is 1. The van der Waals surface area contributed by atoms with Crippen LogP contribution in [-0.2, 0) is 11.3 Å². The van der Waals surface area contributed by atoms with Gasteiger partial charge in [0.1, 0.15) is 6.04 Å². The summed E-state index contributed by atoms with van der Waals surface area (Å²) in [5.74, 6) is 0.0212. The second-order valence-corrected chi connectivity index (χ2v) is 3.39. The Balaban J connectivity index is 2.76.